The van der Waals surface area contributed by atoms with Crippen LogP contribution >= 0.6 is 0 Å². The zero-order valence-corrected chi connectivity index (χ0v) is 17.8. The molecule has 1 saturated heterocycles. The Morgan fingerprint density at radius 2 is 2.12 bits per heavy atom. The maximum absolute atomic E-state index is 13.2. The number of nitrogens with zero attached hydrogens (tertiary/aromatic N) is 6. The van der Waals surface area contributed by atoms with Gasteiger partial charge < -0.3 is 10.2 Å². The van der Waals surface area contributed by atoms with E-state index >= 15 is 0 Å². The van der Waals surface area contributed by atoms with E-state index in [1.54, 1.807) is 11.9 Å². The number of fused-ring (bicyclic) bond motifs is 1. The van der Waals surface area contributed by atoms with E-state index in [-0.39, 0.29) is 23.7 Å². The van der Waals surface area contributed by atoms with Crippen molar-refractivity contribution in [2.24, 2.45) is 0 Å². The fraction of sp³-hybridized carbons (Fsp3) is 0.409. The van der Waals surface area contributed by atoms with E-state index in [9.17, 15) is 14.9 Å². The van der Waals surface area contributed by atoms with E-state index in [0.29, 0.717) is 37.4 Å². The monoisotopic (exact) mass is 432 g/mol. The highest BCUT2D eigenvalue weighted by Crippen LogP contribution is 2.31. The molecule has 1 saturated carbocycles. The Hall–Kier alpha value is -3.71. The lowest BCUT2D eigenvalue weighted by Gasteiger charge is -2.33. The van der Waals surface area contributed by atoms with Crippen molar-refractivity contribution in [3.05, 3.63) is 58.9 Å². The number of H-pyrrole nitrogens is 1. The second-order valence-corrected chi connectivity index (χ2v) is 8.33. The molecule has 2 aromatic rings. The molecule has 2 amide bonds. The number of nitrogens with one attached hydrogen (secondary N) is 2. The minimum Gasteiger partial charge on any atom is -0.347 e. The summed E-state index contributed by atoms with van der Waals surface area (Å²) >= 11 is 0. The molecule has 1 atom stereocenters. The summed E-state index contributed by atoms with van der Waals surface area (Å²) in [6.07, 6.45) is 4.50. The molecule has 0 radical (unpaired) electrons. The molecule has 3 aliphatic rings. The highest BCUT2D eigenvalue weighted by atomic mass is 16.2. The Balaban J connectivity index is 1.33. The number of carbonyl (C=O) groups excluding carboxylic acids is 2. The summed E-state index contributed by atoms with van der Waals surface area (Å²) in [4.78, 5) is 31.4. The van der Waals surface area contributed by atoms with E-state index in [1.807, 2.05) is 30.3 Å². The quantitative estimate of drug-likeness (QED) is 0.725. The molecule has 1 aliphatic carbocycles. The first-order valence-corrected chi connectivity index (χ1v) is 10.8. The van der Waals surface area contributed by atoms with Crippen LogP contribution in [0.5, 0.6) is 0 Å². The third-order valence-electron chi connectivity index (χ3n) is 6.13. The van der Waals surface area contributed by atoms with Crippen molar-refractivity contribution >= 4 is 11.8 Å². The summed E-state index contributed by atoms with van der Waals surface area (Å²) < 4.78 is 0. The molecule has 1 aromatic heterocycles. The molecular weight excluding hydrogens is 408 g/mol. The molecule has 0 spiro atoms. The average molecular weight is 432 g/mol. The van der Waals surface area contributed by atoms with Crippen molar-refractivity contribution in [1.29, 1.82) is 5.26 Å². The molecule has 10 nitrogen and oxygen atoms in total. The second kappa shape index (κ2) is 8.09. The lowest BCUT2D eigenvalue weighted by Crippen LogP contribution is -2.40. The van der Waals surface area contributed by atoms with Gasteiger partial charge in [0.05, 0.1) is 17.6 Å². The summed E-state index contributed by atoms with van der Waals surface area (Å²) in [5.74, 6) is 0.373. The number of benzene rings is 1. The van der Waals surface area contributed by atoms with Crippen LogP contribution in [0.4, 0.5) is 0 Å². The number of hydrogen-bond acceptors (Lipinski definition) is 7. The van der Waals surface area contributed by atoms with Gasteiger partial charge in [-0.15, -0.1) is 5.10 Å². The Morgan fingerprint density at radius 1 is 1.31 bits per heavy atom. The van der Waals surface area contributed by atoms with Gasteiger partial charge >= 0.3 is 0 Å². The lowest BCUT2D eigenvalue weighted by atomic mass is 10.0. The van der Waals surface area contributed by atoms with Gasteiger partial charge in [-0.2, -0.15) is 5.26 Å². The summed E-state index contributed by atoms with van der Waals surface area (Å²) in [5, 5.41) is 23.3. The Kier molecular flexibility index (Phi) is 5.11. The van der Waals surface area contributed by atoms with Crippen molar-refractivity contribution in [1.82, 2.24) is 35.4 Å². The topological polar surface area (TPSA) is 121 Å². The molecule has 5 rings (SSSR count). The molecular formula is C22H24N8O2. The number of likely N-dealkylation sites (N-methyl/N-ethyl adjacent to an activating group) is 1. The SMILES string of the molecule is CN1C(=O)[C@H](c2nc(C(=O)NC3CC3)n[nH]2)CCN2C1=CCN2Cc1ccccc1C#N. The number of aromatic nitrogens is 3. The van der Waals surface area contributed by atoms with Crippen molar-refractivity contribution in [2.75, 3.05) is 20.1 Å². The minimum absolute atomic E-state index is 0.0704. The fourth-order valence-corrected chi connectivity index (χ4v) is 4.20. The van der Waals surface area contributed by atoms with Gasteiger partial charge in [0.25, 0.3) is 5.91 Å². The van der Waals surface area contributed by atoms with Crippen molar-refractivity contribution in [2.45, 2.75) is 37.8 Å². The van der Waals surface area contributed by atoms with Gasteiger partial charge in [-0.25, -0.2) is 9.99 Å². The van der Waals surface area contributed by atoms with Gasteiger partial charge in [-0.1, -0.05) is 18.2 Å². The third-order valence-corrected chi connectivity index (χ3v) is 6.13. The first-order chi connectivity index (χ1) is 15.5. The summed E-state index contributed by atoms with van der Waals surface area (Å²) in [6.45, 7) is 1.83. The van der Waals surface area contributed by atoms with Crippen LogP contribution in [0.25, 0.3) is 0 Å². The zero-order valence-electron chi connectivity index (χ0n) is 17.8. The van der Waals surface area contributed by atoms with Crippen LogP contribution in [0.2, 0.25) is 0 Å². The van der Waals surface area contributed by atoms with Crippen LogP contribution in [0.1, 0.15) is 52.8 Å². The smallest absolute Gasteiger partial charge is 0.291 e. The predicted octanol–water partition coefficient (Wildman–Crippen LogP) is 1.09. The lowest BCUT2D eigenvalue weighted by molar-refractivity contribution is -0.130. The number of nitriles is 1. The van der Waals surface area contributed by atoms with E-state index in [4.69, 9.17) is 0 Å². The summed E-state index contributed by atoms with van der Waals surface area (Å²) in [5.41, 5.74) is 1.60. The van der Waals surface area contributed by atoms with Gasteiger partial charge in [0.15, 0.2) is 0 Å². The fourth-order valence-electron chi connectivity index (χ4n) is 4.20. The van der Waals surface area contributed by atoms with Crippen molar-refractivity contribution < 1.29 is 9.59 Å². The maximum atomic E-state index is 13.2. The van der Waals surface area contributed by atoms with E-state index in [2.05, 4.69) is 36.6 Å². The maximum Gasteiger partial charge on any atom is 0.291 e. The van der Waals surface area contributed by atoms with Crippen LogP contribution in [0, 0.1) is 11.3 Å². The first kappa shape index (κ1) is 20.2. The molecule has 3 heterocycles. The largest absolute Gasteiger partial charge is 0.347 e. The van der Waals surface area contributed by atoms with Gasteiger partial charge in [0, 0.05) is 32.7 Å². The van der Waals surface area contributed by atoms with Crippen LogP contribution in [-0.2, 0) is 11.3 Å². The van der Waals surface area contributed by atoms with Crippen LogP contribution < -0.4 is 5.32 Å². The molecule has 0 unspecified atom stereocenters. The third kappa shape index (κ3) is 3.71. The summed E-state index contributed by atoms with van der Waals surface area (Å²) in [6, 6.07) is 10.0. The van der Waals surface area contributed by atoms with E-state index < -0.39 is 5.92 Å². The number of hydrazine groups is 1. The standard InChI is InChI=1S/C22H24N8O2/c1-28-18-9-10-29(13-15-5-3-2-4-14(15)12-23)30(18)11-8-17(22(28)32)19-25-20(27-26-19)21(31)24-16-6-7-16/h2-5,9,16-17H,6-8,10-11,13H2,1H3,(H,24,31)(H,25,26,27)/t17-/m0/s1. The van der Waals surface area contributed by atoms with E-state index in [0.717, 1.165) is 24.2 Å². The Morgan fingerprint density at radius 3 is 2.91 bits per heavy atom. The molecule has 2 fully saturated rings. The van der Waals surface area contributed by atoms with Crippen LogP contribution in [0.15, 0.2) is 36.2 Å². The van der Waals surface area contributed by atoms with Crippen LogP contribution in [-0.4, -0.2) is 68.1 Å². The molecule has 0 bridgehead atoms. The predicted molar refractivity (Wildman–Crippen MR) is 113 cm³/mol. The van der Waals surface area contributed by atoms with Crippen molar-refractivity contribution in [3.8, 4) is 6.07 Å². The summed E-state index contributed by atoms with van der Waals surface area (Å²) in [7, 11) is 1.75. The van der Waals surface area contributed by atoms with Crippen molar-refractivity contribution in [3.63, 3.8) is 0 Å². The number of rotatable bonds is 5. The van der Waals surface area contributed by atoms with E-state index in [1.165, 1.54) is 0 Å². The van der Waals surface area contributed by atoms with Gasteiger partial charge in [-0.3, -0.25) is 19.7 Å². The van der Waals surface area contributed by atoms with Gasteiger partial charge in [0.1, 0.15) is 11.6 Å². The Labute approximate surface area is 185 Å². The minimum atomic E-state index is -0.519. The molecule has 10 heteroatoms. The van der Waals surface area contributed by atoms with Gasteiger partial charge in [0.2, 0.25) is 11.7 Å². The normalized spacial score (nSPS) is 21.1. The average Bonchev–Trinajstić information content (AvgIpc) is 3.36. The zero-order chi connectivity index (χ0) is 22.2. The van der Waals surface area contributed by atoms with Crippen LogP contribution in [0.3, 0.4) is 0 Å². The molecule has 1 aromatic carbocycles. The number of hydrogen-bond donors (Lipinski definition) is 2. The highest BCUT2D eigenvalue weighted by molar-refractivity contribution is 5.91. The number of carbonyl (C=O) groups is 2. The number of amides is 2. The molecule has 164 valence electrons. The molecule has 2 aliphatic heterocycles. The highest BCUT2D eigenvalue weighted by Gasteiger charge is 2.38. The molecule has 2 N–H and O–H groups in total. The van der Waals surface area contributed by atoms with Gasteiger partial charge in [-0.05, 0) is 37.0 Å². The second-order valence-electron chi connectivity index (χ2n) is 8.33. The Bertz CT molecular complexity index is 1130. The number of aromatic amines is 1. The molecule has 32 heavy (non-hydrogen) atoms. The first-order valence-electron chi connectivity index (χ1n) is 10.8.